The zero-order valence-electron chi connectivity index (χ0n) is 12.3. The van der Waals surface area contributed by atoms with Gasteiger partial charge in [0.1, 0.15) is 4.60 Å². The summed E-state index contributed by atoms with van der Waals surface area (Å²) < 4.78 is 6.89. The molecule has 2 fully saturated rings. The van der Waals surface area contributed by atoms with E-state index in [9.17, 15) is 0 Å². The number of aromatic nitrogens is 1. The molecule has 4 heteroatoms. The van der Waals surface area contributed by atoms with Gasteiger partial charge in [-0.25, -0.2) is 4.98 Å². The molecule has 2 atom stereocenters. The molecule has 3 nitrogen and oxygen atoms in total. The van der Waals surface area contributed by atoms with Crippen molar-refractivity contribution in [1.29, 1.82) is 0 Å². The standard InChI is InChI=1S/C16H23BrN2O/c1-3-20-14-9-13(16(14)6-4-5-7-16)19-12-8-11(2)15(17)18-10-12/h8,10,13-14,19H,3-7,9H2,1-2H3. The minimum atomic E-state index is 0.372. The summed E-state index contributed by atoms with van der Waals surface area (Å²) in [6.45, 7) is 5.01. The van der Waals surface area contributed by atoms with Gasteiger partial charge in [0.25, 0.3) is 0 Å². The SMILES string of the molecule is CCOC1CC(Nc2cnc(Br)c(C)c2)C12CCCC2. The lowest BCUT2D eigenvalue weighted by molar-refractivity contribution is -0.114. The molecule has 0 amide bonds. The fourth-order valence-electron chi connectivity index (χ4n) is 3.93. The van der Waals surface area contributed by atoms with Crippen LogP contribution in [0.2, 0.25) is 0 Å². The Kier molecular flexibility index (Phi) is 4.04. The van der Waals surface area contributed by atoms with Crippen molar-refractivity contribution in [3.8, 4) is 0 Å². The molecule has 2 aliphatic rings. The van der Waals surface area contributed by atoms with Gasteiger partial charge in [0, 0.05) is 18.1 Å². The maximum Gasteiger partial charge on any atom is 0.109 e. The highest BCUT2D eigenvalue weighted by Gasteiger charge is 2.56. The van der Waals surface area contributed by atoms with E-state index in [0.717, 1.165) is 23.3 Å². The maximum absolute atomic E-state index is 5.96. The Balaban J connectivity index is 1.72. The van der Waals surface area contributed by atoms with Gasteiger partial charge in [0.05, 0.1) is 18.0 Å². The highest BCUT2D eigenvalue weighted by Crippen LogP contribution is 2.55. The number of rotatable bonds is 4. The Hall–Kier alpha value is -0.610. The zero-order chi connectivity index (χ0) is 14.2. The summed E-state index contributed by atoms with van der Waals surface area (Å²) in [7, 11) is 0. The summed E-state index contributed by atoms with van der Waals surface area (Å²) in [4.78, 5) is 4.38. The van der Waals surface area contributed by atoms with Crippen molar-refractivity contribution in [3.63, 3.8) is 0 Å². The van der Waals surface area contributed by atoms with Crippen LogP contribution in [0, 0.1) is 12.3 Å². The molecule has 1 spiro atoms. The van der Waals surface area contributed by atoms with E-state index in [2.05, 4.69) is 46.1 Å². The van der Waals surface area contributed by atoms with Crippen LogP contribution in [0.4, 0.5) is 5.69 Å². The smallest absolute Gasteiger partial charge is 0.109 e. The number of pyridine rings is 1. The molecule has 1 aromatic heterocycles. The van der Waals surface area contributed by atoms with E-state index in [1.807, 2.05) is 6.20 Å². The van der Waals surface area contributed by atoms with Crippen LogP contribution < -0.4 is 5.32 Å². The van der Waals surface area contributed by atoms with Gasteiger partial charge in [-0.15, -0.1) is 0 Å². The van der Waals surface area contributed by atoms with Gasteiger partial charge in [-0.1, -0.05) is 12.8 Å². The van der Waals surface area contributed by atoms with Crippen LogP contribution in [0.1, 0.15) is 44.6 Å². The number of aryl methyl sites for hydroxylation is 1. The second-order valence-electron chi connectivity index (χ2n) is 6.15. The second kappa shape index (κ2) is 5.64. The first-order valence-electron chi connectivity index (χ1n) is 7.66. The number of ether oxygens (including phenoxy) is 1. The van der Waals surface area contributed by atoms with Gasteiger partial charge in [-0.05, 0) is 60.7 Å². The summed E-state index contributed by atoms with van der Waals surface area (Å²) in [5, 5.41) is 3.70. The van der Waals surface area contributed by atoms with Gasteiger partial charge in [-0.2, -0.15) is 0 Å². The molecule has 2 unspecified atom stereocenters. The number of halogens is 1. The predicted octanol–water partition coefficient (Wildman–Crippen LogP) is 4.30. The van der Waals surface area contributed by atoms with Crippen molar-refractivity contribution >= 4 is 21.6 Å². The molecule has 1 heterocycles. The zero-order valence-corrected chi connectivity index (χ0v) is 13.9. The quantitative estimate of drug-likeness (QED) is 0.831. The molecule has 0 bridgehead atoms. The van der Waals surface area contributed by atoms with Crippen LogP contribution in [0.3, 0.4) is 0 Å². The Morgan fingerprint density at radius 3 is 2.85 bits per heavy atom. The average Bonchev–Trinajstić information content (AvgIpc) is 2.94. The van der Waals surface area contributed by atoms with Crippen LogP contribution in [0.5, 0.6) is 0 Å². The van der Waals surface area contributed by atoms with Crippen LogP contribution in [-0.2, 0) is 4.74 Å². The van der Waals surface area contributed by atoms with E-state index in [1.165, 1.54) is 31.2 Å². The average molecular weight is 339 g/mol. The largest absolute Gasteiger partial charge is 0.380 e. The van der Waals surface area contributed by atoms with Gasteiger partial charge in [-0.3, -0.25) is 0 Å². The molecule has 1 aromatic rings. The number of nitrogens with zero attached hydrogens (tertiary/aromatic N) is 1. The van der Waals surface area contributed by atoms with Crippen molar-refractivity contribution in [2.24, 2.45) is 5.41 Å². The topological polar surface area (TPSA) is 34.1 Å². The Labute approximate surface area is 129 Å². The van der Waals surface area contributed by atoms with Crippen molar-refractivity contribution in [1.82, 2.24) is 4.98 Å². The third kappa shape index (κ3) is 2.37. The van der Waals surface area contributed by atoms with E-state index in [1.54, 1.807) is 0 Å². The van der Waals surface area contributed by atoms with E-state index in [4.69, 9.17) is 4.74 Å². The molecule has 20 heavy (non-hydrogen) atoms. The molecule has 0 aliphatic heterocycles. The lowest BCUT2D eigenvalue weighted by atomic mass is 9.60. The molecule has 110 valence electrons. The lowest BCUT2D eigenvalue weighted by Crippen LogP contribution is -2.60. The molecule has 3 rings (SSSR count). The Bertz CT molecular complexity index is 485. The van der Waals surface area contributed by atoms with Crippen molar-refractivity contribution in [3.05, 3.63) is 22.4 Å². The normalized spacial score (nSPS) is 27.6. The number of anilines is 1. The molecule has 1 N–H and O–H groups in total. The van der Waals surface area contributed by atoms with E-state index >= 15 is 0 Å². The minimum Gasteiger partial charge on any atom is -0.380 e. The Morgan fingerprint density at radius 2 is 2.20 bits per heavy atom. The van der Waals surface area contributed by atoms with E-state index < -0.39 is 0 Å². The number of hydrogen-bond acceptors (Lipinski definition) is 3. The van der Waals surface area contributed by atoms with Gasteiger partial charge in [0.15, 0.2) is 0 Å². The molecule has 0 saturated heterocycles. The van der Waals surface area contributed by atoms with Crippen molar-refractivity contribution in [2.75, 3.05) is 11.9 Å². The molecule has 2 aliphatic carbocycles. The summed E-state index contributed by atoms with van der Waals surface area (Å²) in [6, 6.07) is 2.72. The monoisotopic (exact) mass is 338 g/mol. The van der Waals surface area contributed by atoms with Crippen molar-refractivity contribution in [2.45, 2.75) is 58.1 Å². The maximum atomic E-state index is 5.96. The van der Waals surface area contributed by atoms with Crippen LogP contribution in [-0.4, -0.2) is 23.7 Å². The first kappa shape index (κ1) is 14.3. The second-order valence-corrected chi connectivity index (χ2v) is 6.90. The number of hydrogen-bond donors (Lipinski definition) is 1. The molecular formula is C16H23BrN2O. The first-order valence-corrected chi connectivity index (χ1v) is 8.45. The Morgan fingerprint density at radius 1 is 1.45 bits per heavy atom. The highest BCUT2D eigenvalue weighted by atomic mass is 79.9. The summed E-state index contributed by atoms with van der Waals surface area (Å²) in [5.41, 5.74) is 2.69. The molecule has 2 saturated carbocycles. The fraction of sp³-hybridized carbons (Fsp3) is 0.688. The van der Waals surface area contributed by atoms with Gasteiger partial charge >= 0.3 is 0 Å². The van der Waals surface area contributed by atoms with Gasteiger partial charge in [0.2, 0.25) is 0 Å². The van der Waals surface area contributed by atoms with Crippen molar-refractivity contribution < 1.29 is 4.74 Å². The lowest BCUT2D eigenvalue weighted by Gasteiger charge is -2.54. The third-order valence-corrected chi connectivity index (χ3v) is 5.87. The molecular weight excluding hydrogens is 316 g/mol. The molecule has 0 aromatic carbocycles. The fourth-order valence-corrected chi connectivity index (χ4v) is 4.14. The summed E-state index contributed by atoms with van der Waals surface area (Å²) in [6.07, 6.45) is 8.81. The minimum absolute atomic E-state index is 0.372. The summed E-state index contributed by atoms with van der Waals surface area (Å²) >= 11 is 3.46. The van der Waals surface area contributed by atoms with Crippen LogP contribution in [0.25, 0.3) is 0 Å². The third-order valence-electron chi connectivity index (χ3n) is 5.04. The predicted molar refractivity (Wildman–Crippen MR) is 85.0 cm³/mol. The van der Waals surface area contributed by atoms with Crippen LogP contribution >= 0.6 is 15.9 Å². The number of nitrogens with one attached hydrogen (secondary N) is 1. The highest BCUT2D eigenvalue weighted by molar-refractivity contribution is 9.10. The van der Waals surface area contributed by atoms with Gasteiger partial charge < -0.3 is 10.1 Å². The van der Waals surface area contributed by atoms with E-state index in [0.29, 0.717) is 17.6 Å². The first-order chi connectivity index (χ1) is 9.65. The molecule has 0 radical (unpaired) electrons. The summed E-state index contributed by atoms with van der Waals surface area (Å²) in [5.74, 6) is 0. The van der Waals surface area contributed by atoms with E-state index in [-0.39, 0.29) is 0 Å². The van der Waals surface area contributed by atoms with Crippen LogP contribution in [0.15, 0.2) is 16.9 Å².